The number of nitrogens with two attached hydrogens (primary N) is 1. The Morgan fingerprint density at radius 3 is 2.74 bits per heavy atom. The first-order chi connectivity index (χ1) is 9.24. The normalized spacial score (nSPS) is 16.4. The molecule has 104 valence electrons. The summed E-state index contributed by atoms with van der Waals surface area (Å²) in [5.74, 6) is 6.09. The monoisotopic (exact) mass is 262 g/mol. The van der Waals surface area contributed by atoms with Crippen molar-refractivity contribution in [1.82, 2.24) is 9.88 Å². The summed E-state index contributed by atoms with van der Waals surface area (Å²) in [6.07, 6.45) is 6.31. The van der Waals surface area contributed by atoms with Gasteiger partial charge in [-0.25, -0.2) is 4.98 Å². The molecule has 1 aromatic heterocycles. The lowest BCUT2D eigenvalue weighted by Gasteiger charge is -2.31. The first kappa shape index (κ1) is 13.8. The number of likely N-dealkylation sites (tertiary alicyclic amines) is 1. The van der Waals surface area contributed by atoms with Crippen LogP contribution in [0, 0.1) is 5.92 Å². The summed E-state index contributed by atoms with van der Waals surface area (Å²) in [7, 11) is 0. The van der Waals surface area contributed by atoms with Gasteiger partial charge in [-0.3, -0.25) is 10.6 Å². The maximum absolute atomic E-state index is 12.3. The molecule has 0 unspecified atom stereocenters. The molecule has 1 amide bonds. The summed E-state index contributed by atoms with van der Waals surface area (Å²) in [6.45, 7) is 3.92. The Morgan fingerprint density at radius 2 is 2.21 bits per heavy atom. The molecule has 5 nitrogen and oxygen atoms in total. The maximum atomic E-state index is 12.3. The third-order valence-electron chi connectivity index (χ3n) is 3.75. The van der Waals surface area contributed by atoms with Gasteiger partial charge in [0, 0.05) is 13.1 Å². The lowest BCUT2D eigenvalue weighted by molar-refractivity contribution is 0.0680. The van der Waals surface area contributed by atoms with E-state index in [1.165, 1.54) is 12.8 Å². The number of nitrogens with one attached hydrogen (secondary N) is 1. The Kier molecular flexibility index (Phi) is 4.74. The van der Waals surface area contributed by atoms with E-state index in [9.17, 15) is 4.79 Å². The van der Waals surface area contributed by atoms with Crippen LogP contribution >= 0.6 is 0 Å². The molecule has 1 fully saturated rings. The minimum Gasteiger partial charge on any atom is -0.337 e. The minimum atomic E-state index is 0.0264. The van der Waals surface area contributed by atoms with E-state index in [2.05, 4.69) is 17.3 Å². The molecule has 0 aliphatic carbocycles. The smallest absolute Gasteiger partial charge is 0.272 e. The fourth-order valence-corrected chi connectivity index (χ4v) is 2.60. The van der Waals surface area contributed by atoms with Crippen molar-refractivity contribution in [3.05, 3.63) is 24.0 Å². The molecule has 0 aromatic carbocycles. The second-order valence-electron chi connectivity index (χ2n) is 5.10. The van der Waals surface area contributed by atoms with Crippen LogP contribution in [-0.4, -0.2) is 28.9 Å². The summed E-state index contributed by atoms with van der Waals surface area (Å²) >= 11 is 0. The van der Waals surface area contributed by atoms with Gasteiger partial charge in [0.1, 0.15) is 5.69 Å². The van der Waals surface area contributed by atoms with Crippen molar-refractivity contribution >= 4 is 11.6 Å². The number of rotatable bonds is 4. The Morgan fingerprint density at radius 1 is 1.47 bits per heavy atom. The molecule has 0 saturated carbocycles. The summed E-state index contributed by atoms with van der Waals surface area (Å²) in [5.41, 5.74) is 3.71. The van der Waals surface area contributed by atoms with Crippen LogP contribution in [0.5, 0.6) is 0 Å². The van der Waals surface area contributed by atoms with Gasteiger partial charge >= 0.3 is 0 Å². The SMILES string of the molecule is CCCC1CCN(C(=O)c2ccc(NN)cn2)CC1. The second-order valence-corrected chi connectivity index (χ2v) is 5.10. The van der Waals surface area contributed by atoms with Crippen LogP contribution in [0.25, 0.3) is 0 Å². The van der Waals surface area contributed by atoms with E-state index in [4.69, 9.17) is 5.84 Å². The van der Waals surface area contributed by atoms with Gasteiger partial charge < -0.3 is 10.3 Å². The van der Waals surface area contributed by atoms with Gasteiger partial charge in [0.2, 0.25) is 0 Å². The number of hydrogen-bond donors (Lipinski definition) is 2. The highest BCUT2D eigenvalue weighted by Crippen LogP contribution is 2.22. The quantitative estimate of drug-likeness (QED) is 0.643. The zero-order chi connectivity index (χ0) is 13.7. The van der Waals surface area contributed by atoms with E-state index in [0.717, 1.165) is 31.8 Å². The molecule has 19 heavy (non-hydrogen) atoms. The summed E-state index contributed by atoms with van der Waals surface area (Å²) in [5, 5.41) is 0. The van der Waals surface area contributed by atoms with Gasteiger partial charge in [0.05, 0.1) is 11.9 Å². The van der Waals surface area contributed by atoms with Crippen molar-refractivity contribution in [1.29, 1.82) is 0 Å². The predicted octanol–water partition coefficient (Wildman–Crippen LogP) is 2.02. The van der Waals surface area contributed by atoms with E-state index >= 15 is 0 Å². The van der Waals surface area contributed by atoms with Gasteiger partial charge in [-0.15, -0.1) is 0 Å². The van der Waals surface area contributed by atoms with Gasteiger partial charge in [-0.1, -0.05) is 19.8 Å². The molecule has 5 heteroatoms. The van der Waals surface area contributed by atoms with Gasteiger partial charge in [0.15, 0.2) is 0 Å². The Labute approximate surface area is 114 Å². The van der Waals surface area contributed by atoms with Crippen molar-refractivity contribution < 1.29 is 4.79 Å². The number of carbonyl (C=O) groups is 1. The third-order valence-corrected chi connectivity index (χ3v) is 3.75. The fourth-order valence-electron chi connectivity index (χ4n) is 2.60. The molecular weight excluding hydrogens is 240 g/mol. The van der Waals surface area contributed by atoms with Gasteiger partial charge in [-0.2, -0.15) is 0 Å². The molecule has 1 aliphatic rings. The highest BCUT2D eigenvalue weighted by atomic mass is 16.2. The third kappa shape index (κ3) is 3.44. The highest BCUT2D eigenvalue weighted by Gasteiger charge is 2.23. The zero-order valence-electron chi connectivity index (χ0n) is 11.4. The van der Waals surface area contributed by atoms with Crippen LogP contribution in [0.15, 0.2) is 18.3 Å². The molecule has 2 rings (SSSR count). The summed E-state index contributed by atoms with van der Waals surface area (Å²) < 4.78 is 0. The number of nitrogen functional groups attached to an aromatic ring is 1. The standard InChI is InChI=1S/C14H22N4O/c1-2-3-11-6-8-18(9-7-11)14(19)13-5-4-12(17-15)10-16-13/h4-5,10-11,17H,2-3,6-9,15H2,1H3. The van der Waals surface area contributed by atoms with Crippen molar-refractivity contribution in [2.75, 3.05) is 18.5 Å². The number of piperidine rings is 1. The van der Waals surface area contributed by atoms with Crippen molar-refractivity contribution in [2.45, 2.75) is 32.6 Å². The topological polar surface area (TPSA) is 71.2 Å². The number of carbonyl (C=O) groups excluding carboxylic acids is 1. The average molecular weight is 262 g/mol. The van der Waals surface area contributed by atoms with Gasteiger partial charge in [0.25, 0.3) is 5.91 Å². The molecule has 1 aromatic rings. The molecule has 1 saturated heterocycles. The average Bonchev–Trinajstić information content (AvgIpc) is 2.48. The second kappa shape index (κ2) is 6.52. The molecular formula is C14H22N4O. The fraction of sp³-hybridized carbons (Fsp3) is 0.571. The molecule has 2 heterocycles. The molecule has 0 bridgehead atoms. The lowest BCUT2D eigenvalue weighted by atomic mass is 9.92. The summed E-state index contributed by atoms with van der Waals surface area (Å²) in [4.78, 5) is 18.3. The van der Waals surface area contributed by atoms with Crippen LogP contribution in [0.3, 0.4) is 0 Å². The summed E-state index contributed by atoms with van der Waals surface area (Å²) in [6, 6.07) is 3.49. The zero-order valence-corrected chi connectivity index (χ0v) is 11.4. The van der Waals surface area contributed by atoms with Crippen LogP contribution in [0.2, 0.25) is 0 Å². The largest absolute Gasteiger partial charge is 0.337 e. The van der Waals surface area contributed by atoms with E-state index in [1.54, 1.807) is 18.3 Å². The number of nitrogens with zero attached hydrogens (tertiary/aromatic N) is 2. The van der Waals surface area contributed by atoms with Crippen molar-refractivity contribution in [2.24, 2.45) is 11.8 Å². The number of hydrazine groups is 1. The number of pyridine rings is 1. The Bertz CT molecular complexity index is 410. The lowest BCUT2D eigenvalue weighted by Crippen LogP contribution is -2.38. The number of aromatic nitrogens is 1. The number of amides is 1. The molecule has 1 aliphatic heterocycles. The van der Waals surface area contributed by atoms with Crippen molar-refractivity contribution in [3.63, 3.8) is 0 Å². The van der Waals surface area contributed by atoms with Crippen LogP contribution < -0.4 is 11.3 Å². The first-order valence-electron chi connectivity index (χ1n) is 6.96. The van der Waals surface area contributed by atoms with Crippen LogP contribution in [0.1, 0.15) is 43.1 Å². The van der Waals surface area contributed by atoms with E-state index < -0.39 is 0 Å². The minimum absolute atomic E-state index is 0.0264. The maximum Gasteiger partial charge on any atom is 0.272 e. The van der Waals surface area contributed by atoms with E-state index in [-0.39, 0.29) is 5.91 Å². The molecule has 0 radical (unpaired) electrons. The van der Waals surface area contributed by atoms with Crippen molar-refractivity contribution in [3.8, 4) is 0 Å². The predicted molar refractivity (Wildman–Crippen MR) is 75.6 cm³/mol. The number of anilines is 1. The molecule has 0 atom stereocenters. The van der Waals surface area contributed by atoms with Crippen LogP contribution in [-0.2, 0) is 0 Å². The van der Waals surface area contributed by atoms with Crippen LogP contribution in [0.4, 0.5) is 5.69 Å². The first-order valence-corrected chi connectivity index (χ1v) is 6.96. The molecule has 3 N–H and O–H groups in total. The highest BCUT2D eigenvalue weighted by molar-refractivity contribution is 5.92. The Balaban J connectivity index is 1.93. The van der Waals surface area contributed by atoms with Gasteiger partial charge in [-0.05, 0) is 30.9 Å². The van der Waals surface area contributed by atoms with E-state index in [0.29, 0.717) is 11.4 Å². The number of hydrogen-bond acceptors (Lipinski definition) is 4. The molecule has 0 spiro atoms. The Hall–Kier alpha value is -1.62. The van der Waals surface area contributed by atoms with E-state index in [1.807, 2.05) is 4.90 Å².